The Morgan fingerprint density at radius 1 is 1.20 bits per heavy atom. The second-order valence-corrected chi connectivity index (χ2v) is 3.94. The number of nitrogens with zero attached hydrogens (tertiary/aromatic N) is 1. The van der Waals surface area contributed by atoms with Gasteiger partial charge in [0.2, 0.25) is 0 Å². The highest BCUT2D eigenvalue weighted by molar-refractivity contribution is 5.93. The summed E-state index contributed by atoms with van der Waals surface area (Å²) in [4.78, 5) is 15.6. The average molecular weight is 273 g/mol. The molecular weight excluding hydrogens is 254 g/mol. The van der Waals surface area contributed by atoms with Gasteiger partial charge in [0, 0.05) is 11.8 Å². The van der Waals surface area contributed by atoms with Crippen molar-refractivity contribution < 1.29 is 14.6 Å². The van der Waals surface area contributed by atoms with Gasteiger partial charge in [-0.15, -0.1) is 0 Å². The maximum absolute atomic E-state index is 11.3. The molecule has 0 bridgehead atoms. The Morgan fingerprint density at radius 2 is 1.90 bits per heavy atom. The van der Waals surface area contributed by atoms with Gasteiger partial charge < -0.3 is 9.84 Å². The number of carbonyl (C=O) groups excluding carboxylic acids is 1. The van der Waals surface area contributed by atoms with Crippen molar-refractivity contribution in [2.75, 3.05) is 7.11 Å². The fraction of sp³-hybridized carbons (Fsp3) is 0.250. The number of methoxy groups -OCH3 is 1. The normalized spacial score (nSPS) is 9.40. The lowest BCUT2D eigenvalue weighted by Crippen LogP contribution is -2.01. The summed E-state index contributed by atoms with van der Waals surface area (Å²) in [6.45, 7) is 5.97. The Bertz CT molecular complexity index is 594. The first-order valence-corrected chi connectivity index (χ1v) is 6.46. The molecule has 20 heavy (non-hydrogen) atoms. The Hall–Kier alpha value is -2.36. The molecule has 0 fully saturated rings. The SMILES string of the molecule is CC.COC(=O)c1ccc(-c2cc(C)ccn2)cc1O. The molecule has 0 aliphatic carbocycles. The molecule has 0 amide bonds. The summed E-state index contributed by atoms with van der Waals surface area (Å²) in [6, 6.07) is 8.57. The standard InChI is InChI=1S/C14H13NO3.C2H6/c1-9-5-6-15-12(7-9)10-3-4-11(13(16)8-10)14(17)18-2;1-2/h3-8,16H,1-2H3;1-2H3. The molecule has 0 unspecified atom stereocenters. The van der Waals surface area contributed by atoms with Gasteiger partial charge in [-0.2, -0.15) is 0 Å². The van der Waals surface area contributed by atoms with E-state index in [1.54, 1.807) is 12.3 Å². The van der Waals surface area contributed by atoms with Crippen molar-refractivity contribution in [2.45, 2.75) is 20.8 Å². The minimum Gasteiger partial charge on any atom is -0.507 e. The molecule has 106 valence electrons. The number of carbonyl (C=O) groups is 1. The summed E-state index contributed by atoms with van der Waals surface area (Å²) in [7, 11) is 1.28. The first-order valence-electron chi connectivity index (χ1n) is 6.46. The summed E-state index contributed by atoms with van der Waals surface area (Å²) in [6.07, 6.45) is 1.70. The van der Waals surface area contributed by atoms with Crippen molar-refractivity contribution in [3.8, 4) is 17.0 Å². The Balaban J connectivity index is 0.000000956. The summed E-state index contributed by atoms with van der Waals surface area (Å²) < 4.78 is 4.57. The fourth-order valence-electron chi connectivity index (χ4n) is 1.67. The number of pyridine rings is 1. The molecule has 4 heteroatoms. The van der Waals surface area contributed by atoms with Crippen molar-refractivity contribution in [1.29, 1.82) is 0 Å². The molecule has 1 aromatic carbocycles. The first-order chi connectivity index (χ1) is 9.61. The second kappa shape index (κ2) is 7.28. The average Bonchev–Trinajstić information content (AvgIpc) is 2.48. The molecule has 0 saturated heterocycles. The zero-order chi connectivity index (χ0) is 15.1. The molecule has 0 spiro atoms. The predicted molar refractivity (Wildman–Crippen MR) is 78.8 cm³/mol. The van der Waals surface area contributed by atoms with Crippen LogP contribution in [0.1, 0.15) is 29.8 Å². The molecule has 1 N–H and O–H groups in total. The summed E-state index contributed by atoms with van der Waals surface area (Å²) in [5, 5.41) is 9.79. The second-order valence-electron chi connectivity index (χ2n) is 3.94. The van der Waals surface area contributed by atoms with E-state index in [0.717, 1.165) is 16.8 Å². The van der Waals surface area contributed by atoms with Gasteiger partial charge in [0.15, 0.2) is 0 Å². The van der Waals surface area contributed by atoms with Crippen molar-refractivity contribution in [3.63, 3.8) is 0 Å². The maximum Gasteiger partial charge on any atom is 0.341 e. The lowest BCUT2D eigenvalue weighted by atomic mass is 10.1. The van der Waals surface area contributed by atoms with E-state index in [4.69, 9.17) is 0 Å². The van der Waals surface area contributed by atoms with Crippen LogP contribution in [0.25, 0.3) is 11.3 Å². The Morgan fingerprint density at radius 3 is 2.45 bits per heavy atom. The molecule has 0 aliphatic rings. The van der Waals surface area contributed by atoms with Gasteiger partial charge in [0.05, 0.1) is 12.8 Å². The van der Waals surface area contributed by atoms with Crippen molar-refractivity contribution >= 4 is 5.97 Å². The summed E-state index contributed by atoms with van der Waals surface area (Å²) >= 11 is 0. The molecule has 4 nitrogen and oxygen atoms in total. The molecule has 2 rings (SSSR count). The minimum absolute atomic E-state index is 0.109. The van der Waals surface area contributed by atoms with E-state index in [2.05, 4.69) is 9.72 Å². The van der Waals surface area contributed by atoms with Crippen molar-refractivity contribution in [3.05, 3.63) is 47.7 Å². The van der Waals surface area contributed by atoms with E-state index >= 15 is 0 Å². The lowest BCUT2D eigenvalue weighted by molar-refractivity contribution is 0.0597. The van der Waals surface area contributed by atoms with Crippen LogP contribution in [-0.4, -0.2) is 23.2 Å². The predicted octanol–water partition coefficient (Wildman–Crippen LogP) is 3.58. The minimum atomic E-state index is -0.559. The fourth-order valence-corrected chi connectivity index (χ4v) is 1.67. The quantitative estimate of drug-likeness (QED) is 0.850. The number of hydrogen-bond donors (Lipinski definition) is 1. The number of esters is 1. The van der Waals surface area contributed by atoms with Gasteiger partial charge in [0.1, 0.15) is 11.3 Å². The molecule has 0 atom stereocenters. The van der Waals surface area contributed by atoms with Gasteiger partial charge >= 0.3 is 5.97 Å². The Labute approximate surface area is 119 Å². The van der Waals surface area contributed by atoms with Crippen LogP contribution in [-0.2, 0) is 4.74 Å². The van der Waals surface area contributed by atoms with Crippen molar-refractivity contribution in [2.24, 2.45) is 0 Å². The van der Waals surface area contributed by atoms with Crippen LogP contribution in [0.15, 0.2) is 36.5 Å². The van der Waals surface area contributed by atoms with E-state index < -0.39 is 5.97 Å². The molecule has 0 saturated carbocycles. The molecule has 0 aliphatic heterocycles. The van der Waals surface area contributed by atoms with Gasteiger partial charge in [-0.25, -0.2) is 4.79 Å². The van der Waals surface area contributed by atoms with E-state index in [0.29, 0.717) is 0 Å². The molecule has 1 aromatic heterocycles. The third-order valence-electron chi connectivity index (χ3n) is 2.61. The summed E-state index contributed by atoms with van der Waals surface area (Å²) in [5.74, 6) is -0.668. The number of hydrogen-bond acceptors (Lipinski definition) is 4. The maximum atomic E-state index is 11.3. The smallest absolute Gasteiger partial charge is 0.341 e. The number of phenols is 1. The number of aromatic nitrogens is 1. The Kier molecular flexibility index (Phi) is 5.72. The van der Waals surface area contributed by atoms with Crippen LogP contribution in [0, 0.1) is 6.92 Å². The topological polar surface area (TPSA) is 59.4 Å². The first kappa shape index (κ1) is 15.7. The number of aromatic hydroxyl groups is 1. The van der Waals surface area contributed by atoms with Gasteiger partial charge in [-0.1, -0.05) is 19.9 Å². The molecule has 1 heterocycles. The highest BCUT2D eigenvalue weighted by atomic mass is 16.5. The monoisotopic (exact) mass is 273 g/mol. The molecular formula is C16H19NO3. The van der Waals surface area contributed by atoms with Crippen molar-refractivity contribution in [1.82, 2.24) is 4.98 Å². The van der Waals surface area contributed by atoms with Gasteiger partial charge in [0.25, 0.3) is 0 Å². The van der Waals surface area contributed by atoms with Crippen LogP contribution in [0.5, 0.6) is 5.75 Å². The third kappa shape index (κ3) is 3.57. The number of rotatable bonds is 2. The zero-order valence-corrected chi connectivity index (χ0v) is 12.2. The number of aryl methyl sites for hydroxylation is 1. The van der Waals surface area contributed by atoms with Crippen LogP contribution < -0.4 is 0 Å². The number of ether oxygens (including phenoxy) is 1. The van der Waals surface area contributed by atoms with Crippen LogP contribution >= 0.6 is 0 Å². The number of phenolic OH excluding ortho intramolecular Hbond substituents is 1. The number of benzene rings is 1. The van der Waals surface area contributed by atoms with Crippen LogP contribution in [0.4, 0.5) is 0 Å². The third-order valence-corrected chi connectivity index (χ3v) is 2.61. The van der Waals surface area contributed by atoms with E-state index in [-0.39, 0.29) is 11.3 Å². The van der Waals surface area contributed by atoms with Gasteiger partial charge in [-0.3, -0.25) is 4.98 Å². The van der Waals surface area contributed by atoms with E-state index in [9.17, 15) is 9.90 Å². The zero-order valence-electron chi connectivity index (χ0n) is 12.2. The highest BCUT2D eigenvalue weighted by Crippen LogP contribution is 2.26. The lowest BCUT2D eigenvalue weighted by Gasteiger charge is -2.06. The molecule has 0 radical (unpaired) electrons. The molecule has 2 aromatic rings. The summed E-state index contributed by atoms with van der Waals surface area (Å²) in [5.41, 5.74) is 2.73. The highest BCUT2D eigenvalue weighted by Gasteiger charge is 2.12. The van der Waals surface area contributed by atoms with E-state index in [1.165, 1.54) is 19.2 Å². The van der Waals surface area contributed by atoms with Crippen LogP contribution in [0.2, 0.25) is 0 Å². The van der Waals surface area contributed by atoms with Crippen LogP contribution in [0.3, 0.4) is 0 Å². The largest absolute Gasteiger partial charge is 0.507 e. The van der Waals surface area contributed by atoms with Gasteiger partial charge in [-0.05, 0) is 36.8 Å². The van der Waals surface area contributed by atoms with E-state index in [1.807, 2.05) is 32.9 Å².